The fourth-order valence-corrected chi connectivity index (χ4v) is 4.14. The molecule has 0 aliphatic rings. The van der Waals surface area contributed by atoms with Gasteiger partial charge in [0.05, 0.1) is 26.2 Å². The highest BCUT2D eigenvalue weighted by Crippen LogP contribution is 2.35. The molecular weight excluding hydrogens is 442 g/mol. The van der Waals surface area contributed by atoms with Crippen LogP contribution in [0.25, 0.3) is 6.08 Å². The lowest BCUT2D eigenvalue weighted by atomic mass is 10.1. The molecule has 172 valence electrons. The number of carbonyl (C=O) groups is 1. The summed E-state index contributed by atoms with van der Waals surface area (Å²) in [6.45, 7) is 1.88. The number of benzene rings is 3. The molecule has 0 spiro atoms. The van der Waals surface area contributed by atoms with E-state index in [0.717, 1.165) is 5.56 Å². The van der Waals surface area contributed by atoms with E-state index in [2.05, 4.69) is 4.72 Å². The van der Waals surface area contributed by atoms with Crippen LogP contribution in [0.5, 0.6) is 17.2 Å². The second-order valence-electron chi connectivity index (χ2n) is 7.14. The number of rotatable bonds is 9. The Morgan fingerprint density at radius 3 is 1.97 bits per heavy atom. The number of hydrogen-bond acceptors (Lipinski definition) is 6. The van der Waals surface area contributed by atoms with E-state index in [1.807, 2.05) is 6.92 Å². The largest absolute Gasteiger partial charge is 0.496 e. The Hall–Kier alpha value is -3.78. The number of sulfonamides is 1. The van der Waals surface area contributed by atoms with E-state index < -0.39 is 10.0 Å². The van der Waals surface area contributed by atoms with Gasteiger partial charge in [0.1, 0.15) is 5.75 Å². The van der Waals surface area contributed by atoms with Gasteiger partial charge in [-0.1, -0.05) is 17.7 Å². The zero-order chi connectivity index (χ0) is 24.0. The van der Waals surface area contributed by atoms with Crippen LogP contribution in [0.3, 0.4) is 0 Å². The van der Waals surface area contributed by atoms with Crippen LogP contribution < -0.4 is 18.9 Å². The lowest BCUT2D eigenvalue weighted by Gasteiger charge is -2.12. The monoisotopic (exact) mass is 467 g/mol. The molecule has 0 fully saturated rings. The van der Waals surface area contributed by atoms with Gasteiger partial charge in [-0.25, -0.2) is 8.42 Å². The number of methoxy groups -OCH3 is 3. The molecular formula is C25H25NO6S. The molecule has 0 aromatic heterocycles. The van der Waals surface area contributed by atoms with Crippen LogP contribution in [0.4, 0.5) is 5.69 Å². The molecule has 0 aliphatic heterocycles. The molecule has 0 amide bonds. The molecule has 3 rings (SSSR count). The van der Waals surface area contributed by atoms with Gasteiger partial charge in [0.25, 0.3) is 10.0 Å². The second-order valence-corrected chi connectivity index (χ2v) is 8.83. The van der Waals surface area contributed by atoms with Gasteiger partial charge in [0, 0.05) is 22.9 Å². The second kappa shape index (κ2) is 10.2. The molecule has 0 unspecified atom stereocenters. The standard InChI is InChI=1S/C25H25NO6S/c1-17-5-12-21(13-6-17)33(28,29)26-20-10-7-18(8-11-20)22(27)14-9-19-15-24(31-3)25(32-4)16-23(19)30-2/h5-16,26H,1-4H3/b14-9+. The third kappa shape index (κ3) is 5.72. The molecule has 0 saturated heterocycles. The topological polar surface area (TPSA) is 90.9 Å². The molecule has 0 radical (unpaired) electrons. The summed E-state index contributed by atoms with van der Waals surface area (Å²) in [6, 6.07) is 16.2. The van der Waals surface area contributed by atoms with Gasteiger partial charge in [-0.2, -0.15) is 0 Å². The highest BCUT2D eigenvalue weighted by Gasteiger charge is 2.14. The van der Waals surface area contributed by atoms with Crippen molar-refractivity contribution in [2.24, 2.45) is 0 Å². The minimum atomic E-state index is -3.71. The van der Waals surface area contributed by atoms with E-state index in [4.69, 9.17) is 14.2 Å². The molecule has 7 nitrogen and oxygen atoms in total. The summed E-state index contributed by atoms with van der Waals surface area (Å²) in [6.07, 6.45) is 3.03. The maximum atomic E-state index is 12.6. The molecule has 0 atom stereocenters. The first-order chi connectivity index (χ1) is 15.8. The van der Waals surface area contributed by atoms with Crippen LogP contribution in [0, 0.1) is 6.92 Å². The van der Waals surface area contributed by atoms with Crippen molar-refractivity contribution in [1.29, 1.82) is 0 Å². The number of allylic oxidation sites excluding steroid dienone is 1. The lowest BCUT2D eigenvalue weighted by Crippen LogP contribution is -2.13. The highest BCUT2D eigenvalue weighted by molar-refractivity contribution is 7.92. The van der Waals surface area contributed by atoms with Gasteiger partial charge >= 0.3 is 0 Å². The van der Waals surface area contributed by atoms with Crippen LogP contribution in [0.15, 0.2) is 71.6 Å². The van der Waals surface area contributed by atoms with Crippen molar-refractivity contribution in [2.45, 2.75) is 11.8 Å². The van der Waals surface area contributed by atoms with Crippen molar-refractivity contribution in [3.63, 3.8) is 0 Å². The van der Waals surface area contributed by atoms with Gasteiger partial charge in [-0.3, -0.25) is 9.52 Å². The minimum Gasteiger partial charge on any atom is -0.496 e. The molecule has 33 heavy (non-hydrogen) atoms. The summed E-state index contributed by atoms with van der Waals surface area (Å²) in [5, 5.41) is 0. The molecule has 8 heteroatoms. The third-order valence-corrected chi connectivity index (χ3v) is 6.30. The fourth-order valence-electron chi connectivity index (χ4n) is 3.08. The first kappa shape index (κ1) is 23.9. The van der Waals surface area contributed by atoms with Gasteiger partial charge in [-0.05, 0) is 61.5 Å². The first-order valence-corrected chi connectivity index (χ1v) is 11.5. The van der Waals surface area contributed by atoms with Crippen LogP contribution in [0.2, 0.25) is 0 Å². The number of nitrogens with one attached hydrogen (secondary N) is 1. The quantitative estimate of drug-likeness (QED) is 0.362. The molecule has 0 heterocycles. The van der Waals surface area contributed by atoms with Crippen LogP contribution in [-0.4, -0.2) is 35.5 Å². The maximum absolute atomic E-state index is 12.6. The Morgan fingerprint density at radius 2 is 1.39 bits per heavy atom. The zero-order valence-electron chi connectivity index (χ0n) is 18.8. The fraction of sp³-hybridized carbons (Fsp3) is 0.160. The third-order valence-electron chi connectivity index (χ3n) is 4.90. The predicted octanol–water partition coefficient (Wildman–Crippen LogP) is 4.72. The maximum Gasteiger partial charge on any atom is 0.261 e. The van der Waals surface area contributed by atoms with Gasteiger partial charge in [0.15, 0.2) is 17.3 Å². The van der Waals surface area contributed by atoms with Crippen molar-refractivity contribution in [3.05, 3.63) is 83.4 Å². The SMILES string of the molecule is COc1cc(OC)c(OC)cc1/C=C/C(=O)c1ccc(NS(=O)(=O)c2ccc(C)cc2)cc1. The smallest absolute Gasteiger partial charge is 0.261 e. The molecule has 3 aromatic carbocycles. The molecule has 1 N–H and O–H groups in total. The Balaban J connectivity index is 1.76. The van der Waals surface area contributed by atoms with Gasteiger partial charge in [-0.15, -0.1) is 0 Å². The Morgan fingerprint density at radius 1 is 0.818 bits per heavy atom. The van der Waals surface area contributed by atoms with Crippen molar-refractivity contribution < 1.29 is 27.4 Å². The minimum absolute atomic E-state index is 0.167. The average Bonchev–Trinajstić information content (AvgIpc) is 2.82. The summed E-state index contributed by atoms with van der Waals surface area (Å²) in [5.41, 5.74) is 2.38. The number of anilines is 1. The molecule has 0 aliphatic carbocycles. The van der Waals surface area contributed by atoms with E-state index in [1.54, 1.807) is 66.7 Å². The van der Waals surface area contributed by atoms with Crippen molar-refractivity contribution in [3.8, 4) is 17.2 Å². The van der Waals surface area contributed by atoms with E-state index in [9.17, 15) is 13.2 Å². The van der Waals surface area contributed by atoms with Gasteiger partial charge < -0.3 is 14.2 Å². The number of carbonyl (C=O) groups excluding carboxylic acids is 1. The van der Waals surface area contributed by atoms with Crippen molar-refractivity contribution in [2.75, 3.05) is 26.1 Å². The normalized spacial score (nSPS) is 11.3. The summed E-state index contributed by atoms with van der Waals surface area (Å²) < 4.78 is 43.5. The van der Waals surface area contributed by atoms with Crippen LogP contribution in [0.1, 0.15) is 21.5 Å². The summed E-state index contributed by atoms with van der Waals surface area (Å²) in [7, 11) is 0.864. The van der Waals surface area contributed by atoms with Crippen molar-refractivity contribution in [1.82, 2.24) is 0 Å². The van der Waals surface area contributed by atoms with Crippen molar-refractivity contribution >= 4 is 27.6 Å². The number of hydrogen-bond donors (Lipinski definition) is 1. The summed E-state index contributed by atoms with van der Waals surface area (Å²) in [4.78, 5) is 12.8. The molecule has 0 saturated carbocycles. The van der Waals surface area contributed by atoms with E-state index >= 15 is 0 Å². The van der Waals surface area contributed by atoms with Crippen LogP contribution in [-0.2, 0) is 10.0 Å². The number of ketones is 1. The molecule has 3 aromatic rings. The Kier molecular flexibility index (Phi) is 7.40. The molecule has 0 bridgehead atoms. The zero-order valence-corrected chi connectivity index (χ0v) is 19.6. The van der Waals surface area contributed by atoms with E-state index in [1.165, 1.54) is 27.4 Å². The lowest BCUT2D eigenvalue weighted by molar-refractivity contribution is 0.104. The Bertz CT molecular complexity index is 1260. The van der Waals surface area contributed by atoms with Gasteiger partial charge in [0.2, 0.25) is 0 Å². The van der Waals surface area contributed by atoms with Crippen LogP contribution >= 0.6 is 0 Å². The average molecular weight is 468 g/mol. The summed E-state index contributed by atoms with van der Waals surface area (Å²) >= 11 is 0. The van der Waals surface area contributed by atoms with E-state index in [-0.39, 0.29) is 10.7 Å². The Labute approximate surface area is 193 Å². The highest BCUT2D eigenvalue weighted by atomic mass is 32.2. The van der Waals surface area contributed by atoms with E-state index in [0.29, 0.717) is 34.1 Å². The number of ether oxygens (including phenoxy) is 3. The predicted molar refractivity (Wildman–Crippen MR) is 128 cm³/mol. The first-order valence-electron chi connectivity index (χ1n) is 9.99. The number of aryl methyl sites for hydroxylation is 1. The summed E-state index contributed by atoms with van der Waals surface area (Å²) in [5.74, 6) is 1.30.